The van der Waals surface area contributed by atoms with Crippen molar-refractivity contribution < 1.29 is 4.74 Å². The molecule has 0 radical (unpaired) electrons. The number of imidazole rings is 1. The van der Waals surface area contributed by atoms with Gasteiger partial charge in [0.2, 0.25) is 0 Å². The van der Waals surface area contributed by atoms with Gasteiger partial charge in [0.15, 0.2) is 0 Å². The number of nitrogens with zero attached hydrogens (tertiary/aromatic N) is 2. The monoisotopic (exact) mass is 271 g/mol. The predicted octanol–water partition coefficient (Wildman–Crippen LogP) is 3.03. The van der Waals surface area contributed by atoms with Crippen LogP contribution in [-0.2, 0) is 24.3 Å². The van der Waals surface area contributed by atoms with E-state index in [2.05, 4.69) is 13.5 Å². The van der Waals surface area contributed by atoms with Crippen molar-refractivity contribution >= 4 is 5.82 Å². The second-order valence-electron chi connectivity index (χ2n) is 4.60. The number of allylic oxidation sites excluding steroid dienone is 1. The van der Waals surface area contributed by atoms with Gasteiger partial charge in [-0.05, 0) is 5.56 Å². The molecule has 2 aromatic rings. The molecule has 0 bridgehead atoms. The number of aryl methyl sites for hydroxylation is 1. The molecule has 0 fully saturated rings. The van der Waals surface area contributed by atoms with E-state index >= 15 is 0 Å². The molecule has 0 aliphatic heterocycles. The van der Waals surface area contributed by atoms with E-state index in [1.807, 2.05) is 34.9 Å². The van der Waals surface area contributed by atoms with Crippen LogP contribution in [0.3, 0.4) is 0 Å². The standard InChI is InChI=1S/C16H21N3O/c1-4-10-19-14(5-2)18-15(16(19)17)13-9-7-6-8-12(13)11-20-3/h4,6-9H,1,5,10-11,17H2,2-3H3. The van der Waals surface area contributed by atoms with Gasteiger partial charge in [0.05, 0.1) is 6.61 Å². The minimum Gasteiger partial charge on any atom is -0.383 e. The zero-order chi connectivity index (χ0) is 14.5. The fourth-order valence-corrected chi connectivity index (χ4v) is 2.35. The summed E-state index contributed by atoms with van der Waals surface area (Å²) in [5.74, 6) is 1.66. The first-order valence-electron chi connectivity index (χ1n) is 6.75. The molecule has 0 aliphatic carbocycles. The maximum absolute atomic E-state index is 6.27. The molecule has 4 nitrogen and oxygen atoms in total. The highest BCUT2D eigenvalue weighted by molar-refractivity contribution is 5.73. The lowest BCUT2D eigenvalue weighted by Gasteiger charge is -2.08. The van der Waals surface area contributed by atoms with E-state index in [1.165, 1.54) is 0 Å². The topological polar surface area (TPSA) is 53.1 Å². The van der Waals surface area contributed by atoms with Crippen molar-refractivity contribution in [3.63, 3.8) is 0 Å². The Morgan fingerprint density at radius 1 is 1.40 bits per heavy atom. The lowest BCUT2D eigenvalue weighted by atomic mass is 10.1. The van der Waals surface area contributed by atoms with Gasteiger partial charge in [-0.2, -0.15) is 0 Å². The molecule has 0 aliphatic rings. The third kappa shape index (κ3) is 2.60. The molecule has 0 amide bonds. The van der Waals surface area contributed by atoms with Crippen molar-refractivity contribution in [2.24, 2.45) is 0 Å². The van der Waals surface area contributed by atoms with E-state index < -0.39 is 0 Å². The lowest BCUT2D eigenvalue weighted by molar-refractivity contribution is 0.185. The molecule has 1 aromatic carbocycles. The zero-order valence-electron chi connectivity index (χ0n) is 12.1. The Hall–Kier alpha value is -2.07. The van der Waals surface area contributed by atoms with Crippen molar-refractivity contribution in [3.05, 3.63) is 48.3 Å². The van der Waals surface area contributed by atoms with Crippen LogP contribution in [-0.4, -0.2) is 16.7 Å². The third-order valence-corrected chi connectivity index (χ3v) is 3.29. The van der Waals surface area contributed by atoms with E-state index in [4.69, 9.17) is 15.5 Å². The fraction of sp³-hybridized carbons (Fsp3) is 0.312. The van der Waals surface area contributed by atoms with Crippen LogP contribution in [0.2, 0.25) is 0 Å². The van der Waals surface area contributed by atoms with Gasteiger partial charge in [0, 0.05) is 25.6 Å². The number of hydrogen-bond acceptors (Lipinski definition) is 3. The summed E-state index contributed by atoms with van der Waals surface area (Å²) in [6.45, 7) is 7.07. The highest BCUT2D eigenvalue weighted by atomic mass is 16.5. The van der Waals surface area contributed by atoms with Crippen molar-refractivity contribution in [2.45, 2.75) is 26.5 Å². The summed E-state index contributed by atoms with van der Waals surface area (Å²) >= 11 is 0. The summed E-state index contributed by atoms with van der Waals surface area (Å²) in [4.78, 5) is 4.69. The van der Waals surface area contributed by atoms with E-state index in [9.17, 15) is 0 Å². The van der Waals surface area contributed by atoms with Crippen molar-refractivity contribution in [1.29, 1.82) is 0 Å². The molecule has 0 unspecified atom stereocenters. The van der Waals surface area contributed by atoms with Crippen LogP contribution in [0.5, 0.6) is 0 Å². The summed E-state index contributed by atoms with van der Waals surface area (Å²) in [7, 11) is 1.69. The molecule has 0 saturated carbocycles. The SMILES string of the molecule is C=CCn1c(CC)nc(-c2ccccc2COC)c1N. The minimum absolute atomic E-state index is 0.547. The number of aromatic nitrogens is 2. The van der Waals surface area contributed by atoms with E-state index in [1.54, 1.807) is 7.11 Å². The number of methoxy groups -OCH3 is 1. The normalized spacial score (nSPS) is 10.7. The van der Waals surface area contributed by atoms with Crippen LogP contribution in [0, 0.1) is 0 Å². The number of ether oxygens (including phenoxy) is 1. The molecule has 0 atom stereocenters. The first-order chi connectivity index (χ1) is 9.72. The maximum atomic E-state index is 6.27. The number of nitrogens with two attached hydrogens (primary N) is 1. The lowest BCUT2D eigenvalue weighted by Crippen LogP contribution is -2.05. The van der Waals surface area contributed by atoms with E-state index in [-0.39, 0.29) is 0 Å². The quantitative estimate of drug-likeness (QED) is 0.822. The zero-order valence-corrected chi connectivity index (χ0v) is 12.1. The summed E-state index contributed by atoms with van der Waals surface area (Å²) < 4.78 is 7.26. The van der Waals surface area contributed by atoms with Crippen LogP contribution in [0.1, 0.15) is 18.3 Å². The second-order valence-corrected chi connectivity index (χ2v) is 4.60. The number of nitrogen functional groups attached to an aromatic ring is 1. The molecular formula is C16H21N3O. The Kier molecular flexibility index (Phi) is 4.58. The summed E-state index contributed by atoms with van der Waals surface area (Å²) in [6.07, 6.45) is 2.67. The Balaban J connectivity index is 2.55. The highest BCUT2D eigenvalue weighted by Gasteiger charge is 2.16. The van der Waals surface area contributed by atoms with Gasteiger partial charge in [-0.25, -0.2) is 4.98 Å². The van der Waals surface area contributed by atoms with Gasteiger partial charge >= 0.3 is 0 Å². The Morgan fingerprint density at radius 3 is 2.80 bits per heavy atom. The van der Waals surface area contributed by atoms with Crippen LogP contribution < -0.4 is 5.73 Å². The van der Waals surface area contributed by atoms with E-state index in [0.29, 0.717) is 19.0 Å². The van der Waals surface area contributed by atoms with Crippen molar-refractivity contribution in [1.82, 2.24) is 9.55 Å². The first-order valence-corrected chi connectivity index (χ1v) is 6.75. The Labute approximate surface area is 119 Å². The summed E-state index contributed by atoms with van der Waals surface area (Å²) in [6, 6.07) is 8.06. The molecule has 1 heterocycles. The third-order valence-electron chi connectivity index (χ3n) is 3.29. The summed E-state index contributed by atoms with van der Waals surface area (Å²) in [5.41, 5.74) is 9.23. The van der Waals surface area contributed by atoms with Gasteiger partial charge in [-0.3, -0.25) is 0 Å². The van der Waals surface area contributed by atoms with Gasteiger partial charge in [0.25, 0.3) is 0 Å². The van der Waals surface area contributed by atoms with Gasteiger partial charge in [-0.1, -0.05) is 37.3 Å². The van der Waals surface area contributed by atoms with Crippen LogP contribution in [0.15, 0.2) is 36.9 Å². The minimum atomic E-state index is 0.547. The molecule has 2 N–H and O–H groups in total. The molecule has 0 spiro atoms. The Bertz CT molecular complexity index is 602. The molecular weight excluding hydrogens is 250 g/mol. The van der Waals surface area contributed by atoms with Gasteiger partial charge in [-0.15, -0.1) is 6.58 Å². The number of rotatable bonds is 6. The smallest absolute Gasteiger partial charge is 0.132 e. The number of anilines is 1. The fourth-order valence-electron chi connectivity index (χ4n) is 2.35. The number of benzene rings is 1. The van der Waals surface area contributed by atoms with Crippen LogP contribution in [0.25, 0.3) is 11.3 Å². The maximum Gasteiger partial charge on any atom is 0.132 e. The molecule has 1 aromatic heterocycles. The van der Waals surface area contributed by atoms with Gasteiger partial charge < -0.3 is 15.0 Å². The summed E-state index contributed by atoms with van der Waals surface area (Å²) in [5, 5.41) is 0. The molecule has 0 saturated heterocycles. The van der Waals surface area contributed by atoms with Crippen LogP contribution >= 0.6 is 0 Å². The second kappa shape index (κ2) is 6.39. The average Bonchev–Trinajstić information content (AvgIpc) is 2.77. The average molecular weight is 271 g/mol. The molecule has 20 heavy (non-hydrogen) atoms. The Morgan fingerprint density at radius 2 is 2.15 bits per heavy atom. The first kappa shape index (κ1) is 14.3. The predicted molar refractivity (Wildman–Crippen MR) is 82.4 cm³/mol. The molecule has 4 heteroatoms. The van der Waals surface area contributed by atoms with Crippen LogP contribution in [0.4, 0.5) is 5.82 Å². The van der Waals surface area contributed by atoms with Crippen molar-refractivity contribution in [3.8, 4) is 11.3 Å². The number of hydrogen-bond donors (Lipinski definition) is 1. The molecule has 2 rings (SSSR count). The molecule has 106 valence electrons. The largest absolute Gasteiger partial charge is 0.383 e. The van der Waals surface area contributed by atoms with Gasteiger partial charge in [0.1, 0.15) is 17.3 Å². The van der Waals surface area contributed by atoms with Crippen molar-refractivity contribution in [2.75, 3.05) is 12.8 Å². The van der Waals surface area contributed by atoms with E-state index in [0.717, 1.165) is 29.1 Å². The highest BCUT2D eigenvalue weighted by Crippen LogP contribution is 2.29.